The number of urea groups is 1. The molecule has 1 aromatic rings. The van der Waals surface area contributed by atoms with Crippen LogP contribution in [0.3, 0.4) is 0 Å². The highest BCUT2D eigenvalue weighted by Gasteiger charge is 2.18. The van der Waals surface area contributed by atoms with E-state index in [0.717, 1.165) is 6.07 Å². The normalized spacial score (nSPS) is 9.90. The number of esters is 1. The third-order valence-corrected chi connectivity index (χ3v) is 2.14. The summed E-state index contributed by atoms with van der Waals surface area (Å²) in [5.74, 6) is -2.27. The minimum absolute atomic E-state index is 0.259. The van der Waals surface area contributed by atoms with Crippen LogP contribution in [0.5, 0.6) is 5.75 Å². The van der Waals surface area contributed by atoms with Gasteiger partial charge in [0, 0.05) is 7.05 Å². The van der Waals surface area contributed by atoms with Gasteiger partial charge < -0.3 is 14.8 Å². The maximum absolute atomic E-state index is 12.2. The smallest absolute Gasteiger partial charge is 0.387 e. The number of nitrogens with one attached hydrogen (secondary N) is 2. The van der Waals surface area contributed by atoms with Crippen molar-refractivity contribution in [2.24, 2.45) is 0 Å². The monoisotopic (exact) mass is 302 g/mol. The van der Waals surface area contributed by atoms with Gasteiger partial charge in [0.2, 0.25) is 0 Å². The van der Waals surface area contributed by atoms with Gasteiger partial charge in [-0.3, -0.25) is 10.1 Å². The van der Waals surface area contributed by atoms with E-state index in [4.69, 9.17) is 0 Å². The molecule has 0 aliphatic heterocycles. The highest BCUT2D eigenvalue weighted by molar-refractivity contribution is 5.97. The van der Waals surface area contributed by atoms with E-state index >= 15 is 0 Å². The first kappa shape index (κ1) is 16.3. The van der Waals surface area contributed by atoms with Gasteiger partial charge >= 0.3 is 18.6 Å². The summed E-state index contributed by atoms with van der Waals surface area (Å²) in [5, 5.41) is 4.00. The lowest BCUT2D eigenvalue weighted by Gasteiger charge is -2.10. The van der Waals surface area contributed by atoms with Crippen LogP contribution >= 0.6 is 0 Å². The molecule has 0 unspecified atom stereocenters. The highest BCUT2D eigenvalue weighted by Crippen LogP contribution is 2.20. The van der Waals surface area contributed by atoms with E-state index in [1.165, 1.54) is 25.2 Å². The van der Waals surface area contributed by atoms with Crippen molar-refractivity contribution in [1.82, 2.24) is 10.6 Å². The molecule has 0 aliphatic carbocycles. The van der Waals surface area contributed by atoms with Crippen molar-refractivity contribution in [3.63, 3.8) is 0 Å². The van der Waals surface area contributed by atoms with E-state index in [0.29, 0.717) is 0 Å². The minimum Gasteiger partial charge on any atom is -0.452 e. The number of halogens is 2. The van der Waals surface area contributed by atoms with E-state index < -0.39 is 31.1 Å². The van der Waals surface area contributed by atoms with Gasteiger partial charge in [-0.15, -0.1) is 0 Å². The first-order valence-corrected chi connectivity index (χ1v) is 5.66. The van der Waals surface area contributed by atoms with Gasteiger partial charge in [-0.1, -0.05) is 12.1 Å². The van der Waals surface area contributed by atoms with E-state index in [1.54, 1.807) is 0 Å². The van der Waals surface area contributed by atoms with Crippen LogP contribution in [-0.4, -0.2) is 38.2 Å². The van der Waals surface area contributed by atoms with Gasteiger partial charge in [-0.05, 0) is 12.1 Å². The van der Waals surface area contributed by atoms with Crippen LogP contribution in [0.1, 0.15) is 10.4 Å². The predicted molar refractivity (Wildman–Crippen MR) is 66.0 cm³/mol. The van der Waals surface area contributed by atoms with E-state index in [2.05, 4.69) is 14.8 Å². The van der Waals surface area contributed by atoms with Crippen LogP contribution in [0.4, 0.5) is 13.6 Å². The Labute approximate surface area is 118 Å². The molecular formula is C12H12F2N2O5. The lowest BCUT2D eigenvalue weighted by molar-refractivity contribution is -0.123. The fourth-order valence-electron chi connectivity index (χ4n) is 1.27. The fourth-order valence-corrected chi connectivity index (χ4v) is 1.27. The number of para-hydroxylation sites is 1. The molecule has 0 heterocycles. The van der Waals surface area contributed by atoms with Gasteiger partial charge in [0.1, 0.15) is 11.3 Å². The summed E-state index contributed by atoms with van der Waals surface area (Å²) in [6.45, 7) is -3.84. The molecule has 0 atom stereocenters. The molecule has 1 aromatic carbocycles. The molecule has 7 nitrogen and oxygen atoms in total. The van der Waals surface area contributed by atoms with Gasteiger partial charge in [0.15, 0.2) is 6.61 Å². The molecule has 21 heavy (non-hydrogen) atoms. The van der Waals surface area contributed by atoms with Crippen molar-refractivity contribution in [3.05, 3.63) is 29.8 Å². The van der Waals surface area contributed by atoms with E-state index in [-0.39, 0.29) is 11.3 Å². The highest BCUT2D eigenvalue weighted by atomic mass is 19.3. The molecule has 0 saturated carbocycles. The Hall–Kier alpha value is -2.71. The Kier molecular flexibility index (Phi) is 6.05. The van der Waals surface area contributed by atoms with Crippen molar-refractivity contribution < 1.29 is 32.6 Å². The summed E-state index contributed by atoms with van der Waals surface area (Å²) in [6.07, 6.45) is 0. The number of rotatable bonds is 5. The third kappa shape index (κ3) is 5.43. The van der Waals surface area contributed by atoms with Crippen molar-refractivity contribution in [2.75, 3.05) is 13.7 Å². The summed E-state index contributed by atoms with van der Waals surface area (Å²) in [4.78, 5) is 33.7. The van der Waals surface area contributed by atoms with Gasteiger partial charge in [0.05, 0.1) is 0 Å². The fraction of sp³-hybridized carbons (Fsp3) is 0.250. The Bertz CT molecular complexity index is 536. The second-order valence-corrected chi connectivity index (χ2v) is 3.58. The SMILES string of the molecule is CNC(=O)NC(=O)COC(=O)c1ccccc1OC(F)F. The maximum Gasteiger partial charge on any atom is 0.387 e. The molecule has 2 N–H and O–H groups in total. The number of amides is 3. The van der Waals surface area contributed by atoms with Crippen LogP contribution in [0.15, 0.2) is 24.3 Å². The Morgan fingerprint density at radius 1 is 1.24 bits per heavy atom. The minimum atomic E-state index is -3.10. The number of hydrogen-bond acceptors (Lipinski definition) is 5. The molecule has 0 saturated heterocycles. The number of alkyl halides is 2. The third-order valence-electron chi connectivity index (χ3n) is 2.14. The van der Waals surface area contributed by atoms with Crippen molar-refractivity contribution in [3.8, 4) is 5.75 Å². The Balaban J connectivity index is 2.64. The van der Waals surface area contributed by atoms with Crippen molar-refractivity contribution in [2.45, 2.75) is 6.61 Å². The molecule has 0 radical (unpaired) electrons. The first-order valence-electron chi connectivity index (χ1n) is 5.66. The standard InChI is InChI=1S/C12H12F2N2O5/c1-15-12(19)16-9(17)6-20-10(18)7-4-2-3-5-8(7)21-11(13)14/h2-5,11H,6H2,1H3,(H2,15,16,17,19). The first-order chi connectivity index (χ1) is 9.93. The van der Waals surface area contributed by atoms with Gasteiger partial charge in [-0.25, -0.2) is 9.59 Å². The van der Waals surface area contributed by atoms with Crippen LogP contribution in [0, 0.1) is 0 Å². The Morgan fingerprint density at radius 3 is 2.52 bits per heavy atom. The number of carbonyl (C=O) groups excluding carboxylic acids is 3. The molecule has 0 bridgehead atoms. The predicted octanol–water partition coefficient (Wildman–Crippen LogP) is 0.900. The summed E-state index contributed by atoms with van der Waals surface area (Å²) in [7, 11) is 1.30. The zero-order chi connectivity index (χ0) is 15.8. The molecule has 9 heteroatoms. The Morgan fingerprint density at radius 2 is 1.90 bits per heavy atom. The zero-order valence-corrected chi connectivity index (χ0v) is 10.9. The molecule has 1 rings (SSSR count). The van der Waals surface area contributed by atoms with Gasteiger partial charge in [-0.2, -0.15) is 8.78 Å². The van der Waals surface area contributed by atoms with Crippen molar-refractivity contribution >= 4 is 17.9 Å². The molecule has 0 fully saturated rings. The summed E-state index contributed by atoms with van der Waals surface area (Å²) >= 11 is 0. The van der Waals surface area contributed by atoms with Crippen LogP contribution in [0.25, 0.3) is 0 Å². The average molecular weight is 302 g/mol. The summed E-state index contributed by atoms with van der Waals surface area (Å²) in [5.41, 5.74) is -0.259. The van der Waals surface area contributed by atoms with E-state index in [9.17, 15) is 23.2 Å². The molecule has 0 spiro atoms. The molecule has 0 aromatic heterocycles. The number of carbonyl (C=O) groups is 3. The molecular weight excluding hydrogens is 290 g/mol. The largest absolute Gasteiger partial charge is 0.452 e. The molecule has 114 valence electrons. The summed E-state index contributed by atoms with van der Waals surface area (Å²) < 4.78 is 33.1. The zero-order valence-electron chi connectivity index (χ0n) is 10.9. The number of ether oxygens (including phenoxy) is 2. The second kappa shape index (κ2) is 7.78. The van der Waals surface area contributed by atoms with Crippen LogP contribution in [-0.2, 0) is 9.53 Å². The number of benzene rings is 1. The number of imide groups is 1. The second-order valence-electron chi connectivity index (χ2n) is 3.58. The maximum atomic E-state index is 12.2. The topological polar surface area (TPSA) is 93.7 Å². The number of hydrogen-bond donors (Lipinski definition) is 2. The quantitative estimate of drug-likeness (QED) is 0.788. The summed E-state index contributed by atoms with van der Waals surface area (Å²) in [6, 6.07) is 4.41. The van der Waals surface area contributed by atoms with Crippen LogP contribution < -0.4 is 15.4 Å². The van der Waals surface area contributed by atoms with Crippen LogP contribution in [0.2, 0.25) is 0 Å². The molecule has 3 amide bonds. The lowest BCUT2D eigenvalue weighted by atomic mass is 10.2. The van der Waals surface area contributed by atoms with Gasteiger partial charge in [0.25, 0.3) is 5.91 Å². The van der Waals surface area contributed by atoms with Crippen molar-refractivity contribution in [1.29, 1.82) is 0 Å². The average Bonchev–Trinajstić information content (AvgIpc) is 2.44. The lowest BCUT2D eigenvalue weighted by Crippen LogP contribution is -2.39. The van der Waals surface area contributed by atoms with E-state index in [1.807, 2.05) is 5.32 Å². The molecule has 0 aliphatic rings.